The highest BCUT2D eigenvalue weighted by Crippen LogP contribution is 2.24. The van der Waals surface area contributed by atoms with Crippen LogP contribution in [0.4, 0.5) is 0 Å². The maximum absolute atomic E-state index is 13.0. The number of hydrogen-bond donors (Lipinski definition) is 0. The molecule has 5 nitrogen and oxygen atoms in total. The van der Waals surface area contributed by atoms with Gasteiger partial charge in [-0.3, -0.25) is 4.79 Å². The molecule has 2 aromatic heterocycles. The van der Waals surface area contributed by atoms with E-state index < -0.39 is 0 Å². The van der Waals surface area contributed by atoms with Crippen molar-refractivity contribution in [3.63, 3.8) is 0 Å². The minimum atomic E-state index is 0.126. The molecule has 1 amide bonds. The van der Waals surface area contributed by atoms with E-state index in [1.54, 1.807) is 6.20 Å². The first-order valence-corrected chi connectivity index (χ1v) is 8.73. The van der Waals surface area contributed by atoms with E-state index in [-0.39, 0.29) is 5.91 Å². The molecule has 0 bridgehead atoms. The SMILES string of the molecule is Cc1cc(-n2cccc2)ccc1C(=O)N1CCCC(n2ccnc2)C1. The van der Waals surface area contributed by atoms with Crippen LogP contribution in [-0.4, -0.2) is 38.0 Å². The molecule has 1 aromatic carbocycles. The van der Waals surface area contributed by atoms with Crippen molar-refractivity contribution in [2.75, 3.05) is 13.1 Å². The van der Waals surface area contributed by atoms with Crippen molar-refractivity contribution in [2.24, 2.45) is 0 Å². The highest BCUT2D eigenvalue weighted by atomic mass is 16.2. The lowest BCUT2D eigenvalue weighted by atomic mass is 10.0. The van der Waals surface area contributed by atoms with Crippen LogP contribution in [0.25, 0.3) is 5.69 Å². The first kappa shape index (κ1) is 15.7. The number of nitrogens with zero attached hydrogens (tertiary/aromatic N) is 4. The van der Waals surface area contributed by atoms with Crippen molar-refractivity contribution < 1.29 is 4.79 Å². The lowest BCUT2D eigenvalue weighted by Gasteiger charge is -2.33. The fraction of sp³-hybridized carbons (Fsp3) is 0.300. The van der Waals surface area contributed by atoms with E-state index in [4.69, 9.17) is 0 Å². The van der Waals surface area contributed by atoms with Gasteiger partial charge in [0.2, 0.25) is 0 Å². The molecule has 0 saturated carbocycles. The standard InChI is InChI=1S/C20H22N4O/c1-16-13-17(22-9-2-3-10-22)6-7-19(16)20(25)23-11-4-5-18(14-23)24-12-8-21-15-24/h2-3,6-10,12-13,15,18H,4-5,11,14H2,1H3. The van der Waals surface area contributed by atoms with Crippen molar-refractivity contribution in [1.29, 1.82) is 0 Å². The second kappa shape index (κ2) is 6.59. The van der Waals surface area contributed by atoms with Crippen LogP contribution in [0.15, 0.2) is 61.4 Å². The average Bonchev–Trinajstić information content (AvgIpc) is 3.35. The van der Waals surface area contributed by atoms with Gasteiger partial charge in [-0.25, -0.2) is 4.98 Å². The van der Waals surface area contributed by atoms with Gasteiger partial charge in [-0.15, -0.1) is 0 Å². The molecule has 1 aliphatic heterocycles. The van der Waals surface area contributed by atoms with Gasteiger partial charge in [0.1, 0.15) is 0 Å². The maximum Gasteiger partial charge on any atom is 0.254 e. The summed E-state index contributed by atoms with van der Waals surface area (Å²) in [7, 11) is 0. The van der Waals surface area contributed by atoms with Crippen LogP contribution >= 0.6 is 0 Å². The van der Waals surface area contributed by atoms with Gasteiger partial charge < -0.3 is 14.0 Å². The number of piperidine rings is 1. The molecular formula is C20H22N4O. The van der Waals surface area contributed by atoms with Gasteiger partial charge in [-0.2, -0.15) is 0 Å². The molecule has 25 heavy (non-hydrogen) atoms. The third kappa shape index (κ3) is 3.09. The third-order valence-electron chi connectivity index (χ3n) is 4.97. The van der Waals surface area contributed by atoms with E-state index in [0.29, 0.717) is 6.04 Å². The van der Waals surface area contributed by atoms with Gasteiger partial charge in [0.05, 0.1) is 12.4 Å². The number of aromatic nitrogens is 3. The fourth-order valence-corrected chi connectivity index (χ4v) is 3.59. The van der Waals surface area contributed by atoms with Gasteiger partial charge in [0.25, 0.3) is 5.91 Å². The second-order valence-corrected chi connectivity index (χ2v) is 6.65. The van der Waals surface area contributed by atoms with E-state index >= 15 is 0 Å². The van der Waals surface area contributed by atoms with Crippen LogP contribution in [0, 0.1) is 6.92 Å². The predicted molar refractivity (Wildman–Crippen MR) is 96.9 cm³/mol. The summed E-state index contributed by atoms with van der Waals surface area (Å²) in [6.45, 7) is 3.58. The Labute approximate surface area is 147 Å². The molecule has 0 spiro atoms. The van der Waals surface area contributed by atoms with Crippen molar-refractivity contribution in [3.05, 3.63) is 72.6 Å². The van der Waals surface area contributed by atoms with Crippen LogP contribution in [0.1, 0.15) is 34.8 Å². The summed E-state index contributed by atoms with van der Waals surface area (Å²) < 4.78 is 4.17. The molecule has 1 aliphatic rings. The van der Waals surface area contributed by atoms with Crippen LogP contribution in [-0.2, 0) is 0 Å². The fourth-order valence-electron chi connectivity index (χ4n) is 3.59. The lowest BCUT2D eigenvalue weighted by Crippen LogP contribution is -2.40. The van der Waals surface area contributed by atoms with E-state index in [1.807, 2.05) is 61.0 Å². The molecule has 1 saturated heterocycles. The van der Waals surface area contributed by atoms with Crippen molar-refractivity contribution >= 4 is 5.91 Å². The van der Waals surface area contributed by atoms with Gasteiger partial charge in [-0.1, -0.05) is 0 Å². The summed E-state index contributed by atoms with van der Waals surface area (Å²) in [5.74, 6) is 0.126. The summed E-state index contributed by atoms with van der Waals surface area (Å²) in [5, 5.41) is 0. The number of carbonyl (C=O) groups is 1. The quantitative estimate of drug-likeness (QED) is 0.736. The monoisotopic (exact) mass is 334 g/mol. The average molecular weight is 334 g/mol. The van der Waals surface area contributed by atoms with Crippen LogP contribution < -0.4 is 0 Å². The lowest BCUT2D eigenvalue weighted by molar-refractivity contribution is 0.0678. The van der Waals surface area contributed by atoms with Gasteiger partial charge >= 0.3 is 0 Å². The Balaban J connectivity index is 1.54. The zero-order valence-electron chi connectivity index (χ0n) is 14.4. The Morgan fingerprint density at radius 3 is 2.76 bits per heavy atom. The van der Waals surface area contributed by atoms with Gasteiger partial charge in [0.15, 0.2) is 0 Å². The molecule has 3 aromatic rings. The Kier molecular flexibility index (Phi) is 4.14. The minimum absolute atomic E-state index is 0.126. The molecule has 3 heterocycles. The first-order valence-electron chi connectivity index (χ1n) is 8.73. The number of hydrogen-bond acceptors (Lipinski definition) is 2. The summed E-state index contributed by atoms with van der Waals surface area (Å²) in [5.41, 5.74) is 2.89. The third-order valence-corrected chi connectivity index (χ3v) is 4.97. The molecule has 1 unspecified atom stereocenters. The Bertz CT molecular complexity index is 852. The number of aryl methyl sites for hydroxylation is 1. The summed E-state index contributed by atoms with van der Waals surface area (Å²) in [6, 6.07) is 10.4. The number of carbonyl (C=O) groups excluding carboxylic acids is 1. The number of likely N-dealkylation sites (tertiary alicyclic amines) is 1. The second-order valence-electron chi connectivity index (χ2n) is 6.65. The Morgan fingerprint density at radius 1 is 1.20 bits per heavy atom. The van der Waals surface area contributed by atoms with Crippen LogP contribution in [0.5, 0.6) is 0 Å². The number of amides is 1. The molecule has 1 fully saturated rings. The molecule has 0 radical (unpaired) electrons. The smallest absolute Gasteiger partial charge is 0.254 e. The van der Waals surface area contributed by atoms with Gasteiger partial charge in [-0.05, 0) is 55.7 Å². The highest BCUT2D eigenvalue weighted by Gasteiger charge is 2.26. The van der Waals surface area contributed by atoms with E-state index in [9.17, 15) is 4.79 Å². The molecule has 5 heteroatoms. The number of rotatable bonds is 3. The van der Waals surface area contributed by atoms with Crippen molar-refractivity contribution in [2.45, 2.75) is 25.8 Å². The number of benzene rings is 1. The molecule has 0 N–H and O–H groups in total. The van der Waals surface area contributed by atoms with E-state index in [2.05, 4.69) is 20.2 Å². The summed E-state index contributed by atoms with van der Waals surface area (Å²) in [6.07, 6.45) is 11.8. The molecule has 0 aliphatic carbocycles. The summed E-state index contributed by atoms with van der Waals surface area (Å²) >= 11 is 0. The van der Waals surface area contributed by atoms with E-state index in [0.717, 1.165) is 42.7 Å². The predicted octanol–water partition coefficient (Wildman–Crippen LogP) is 3.46. The Morgan fingerprint density at radius 2 is 2.04 bits per heavy atom. The van der Waals surface area contributed by atoms with Crippen molar-refractivity contribution in [1.82, 2.24) is 19.0 Å². The molecule has 128 valence electrons. The molecule has 4 rings (SSSR count). The first-order chi connectivity index (χ1) is 12.2. The maximum atomic E-state index is 13.0. The van der Waals surface area contributed by atoms with Crippen LogP contribution in [0.3, 0.4) is 0 Å². The zero-order valence-corrected chi connectivity index (χ0v) is 14.4. The Hall–Kier alpha value is -2.82. The summed E-state index contributed by atoms with van der Waals surface area (Å²) in [4.78, 5) is 19.1. The van der Waals surface area contributed by atoms with Crippen LogP contribution in [0.2, 0.25) is 0 Å². The highest BCUT2D eigenvalue weighted by molar-refractivity contribution is 5.96. The molecule has 1 atom stereocenters. The largest absolute Gasteiger partial charge is 0.337 e. The minimum Gasteiger partial charge on any atom is -0.337 e. The topological polar surface area (TPSA) is 43.1 Å². The normalized spacial score (nSPS) is 17.6. The van der Waals surface area contributed by atoms with E-state index in [1.165, 1.54) is 0 Å². The molecular weight excluding hydrogens is 312 g/mol. The zero-order chi connectivity index (χ0) is 17.2. The van der Waals surface area contributed by atoms with Crippen molar-refractivity contribution in [3.8, 4) is 5.69 Å². The number of imidazole rings is 1. The van der Waals surface area contributed by atoms with Gasteiger partial charge in [0, 0.05) is 49.1 Å².